The highest BCUT2D eigenvalue weighted by atomic mass is 16.5. The minimum atomic E-state index is -0.333. The molecular weight excluding hydrogens is 398 g/mol. The normalized spacial score (nSPS) is 12.1. The maximum Gasteiger partial charge on any atom is 0.323 e. The number of rotatable bonds is 21. The third kappa shape index (κ3) is 15.3. The van der Waals surface area contributed by atoms with Crippen LogP contribution in [0.1, 0.15) is 115 Å². The van der Waals surface area contributed by atoms with Crippen molar-refractivity contribution in [2.45, 2.75) is 122 Å². The first-order chi connectivity index (χ1) is 15.7. The Morgan fingerprint density at radius 3 is 1.66 bits per heavy atom. The lowest BCUT2D eigenvalue weighted by Crippen LogP contribution is -2.40. The molecule has 0 fully saturated rings. The smallest absolute Gasteiger partial charge is 0.323 e. The van der Waals surface area contributed by atoms with E-state index in [1.807, 2.05) is 12.1 Å². The van der Waals surface area contributed by atoms with Crippen LogP contribution in [0, 0.1) is 0 Å². The van der Waals surface area contributed by atoms with Crippen LogP contribution in [0.3, 0.4) is 0 Å². The second-order valence-electron chi connectivity index (χ2n) is 9.20. The fourth-order valence-corrected chi connectivity index (χ4v) is 4.20. The summed E-state index contributed by atoms with van der Waals surface area (Å²) in [6.07, 6.45) is 22.4. The van der Waals surface area contributed by atoms with Crippen LogP contribution in [0.4, 0.5) is 0 Å². The molecule has 184 valence electrons. The van der Waals surface area contributed by atoms with Crippen LogP contribution >= 0.6 is 0 Å². The summed E-state index contributed by atoms with van der Waals surface area (Å²) in [6, 6.07) is 6.67. The maximum atomic E-state index is 12.1. The van der Waals surface area contributed by atoms with Crippen LogP contribution in [0.25, 0.3) is 0 Å². The van der Waals surface area contributed by atoms with Gasteiger partial charge in [-0.05, 0) is 37.1 Å². The number of hydrogen-bond donors (Lipinski definition) is 2. The minimum Gasteiger partial charge on any atom is -0.508 e. The number of carbonyl (C=O) groups excluding carboxylic acids is 1. The predicted molar refractivity (Wildman–Crippen MR) is 135 cm³/mol. The van der Waals surface area contributed by atoms with Crippen LogP contribution in [0.15, 0.2) is 24.3 Å². The van der Waals surface area contributed by atoms with Crippen LogP contribution in [-0.4, -0.2) is 30.8 Å². The van der Waals surface area contributed by atoms with Crippen molar-refractivity contribution in [3.05, 3.63) is 29.8 Å². The molecular formula is C28H49NO3. The van der Waals surface area contributed by atoms with Gasteiger partial charge in [0.2, 0.25) is 0 Å². The van der Waals surface area contributed by atoms with Crippen molar-refractivity contribution in [1.29, 1.82) is 0 Å². The van der Waals surface area contributed by atoms with Crippen LogP contribution in [-0.2, 0) is 16.0 Å². The lowest BCUT2D eigenvalue weighted by molar-refractivity contribution is -0.143. The fourth-order valence-electron chi connectivity index (χ4n) is 4.20. The summed E-state index contributed by atoms with van der Waals surface area (Å²) in [5.41, 5.74) is 1.01. The quantitative estimate of drug-likeness (QED) is 0.153. The summed E-state index contributed by atoms with van der Waals surface area (Å²) >= 11 is 0. The Hall–Kier alpha value is -1.55. The third-order valence-electron chi connectivity index (χ3n) is 6.28. The van der Waals surface area contributed by atoms with Crippen molar-refractivity contribution in [2.75, 3.05) is 13.7 Å². The second kappa shape index (κ2) is 20.1. The largest absolute Gasteiger partial charge is 0.508 e. The number of aromatic hydroxyl groups is 1. The molecule has 1 aromatic carbocycles. The van der Waals surface area contributed by atoms with Crippen LogP contribution in [0.2, 0.25) is 0 Å². The molecule has 32 heavy (non-hydrogen) atoms. The Morgan fingerprint density at radius 2 is 1.22 bits per heavy atom. The van der Waals surface area contributed by atoms with Crippen molar-refractivity contribution in [3.8, 4) is 5.75 Å². The molecule has 0 unspecified atom stereocenters. The highest BCUT2D eigenvalue weighted by molar-refractivity contribution is 5.76. The van der Waals surface area contributed by atoms with E-state index in [1.165, 1.54) is 103 Å². The van der Waals surface area contributed by atoms with Gasteiger partial charge in [-0.15, -0.1) is 0 Å². The standard InChI is InChI=1S/C28H49NO3/c1-3-4-5-6-7-8-9-10-11-12-13-14-15-16-17-18-23-29-27(28(31)32-2)24-25-19-21-26(30)22-20-25/h19-22,27,29-30H,3-18,23-24H2,1-2H3/t27-/m0/s1. The molecule has 0 saturated carbocycles. The molecule has 0 aliphatic heterocycles. The summed E-state index contributed by atoms with van der Waals surface area (Å²) in [5, 5.41) is 12.8. The average Bonchev–Trinajstić information content (AvgIpc) is 2.81. The van der Waals surface area contributed by atoms with Gasteiger partial charge in [0.1, 0.15) is 11.8 Å². The first kappa shape index (κ1) is 28.5. The number of carbonyl (C=O) groups is 1. The van der Waals surface area contributed by atoms with Crippen molar-refractivity contribution < 1.29 is 14.6 Å². The Morgan fingerprint density at radius 1 is 0.781 bits per heavy atom. The van der Waals surface area contributed by atoms with E-state index in [0.29, 0.717) is 6.42 Å². The average molecular weight is 448 g/mol. The number of esters is 1. The SMILES string of the molecule is CCCCCCCCCCCCCCCCCCN[C@@H](Cc1ccc(O)cc1)C(=O)OC. The zero-order valence-corrected chi connectivity index (χ0v) is 20.9. The van der Waals surface area contributed by atoms with E-state index in [-0.39, 0.29) is 17.8 Å². The molecule has 0 aliphatic carbocycles. The Bertz CT molecular complexity index is 558. The van der Waals surface area contributed by atoms with Gasteiger partial charge in [0.05, 0.1) is 7.11 Å². The van der Waals surface area contributed by atoms with Crippen LogP contribution < -0.4 is 5.32 Å². The van der Waals surface area contributed by atoms with Crippen molar-refractivity contribution in [3.63, 3.8) is 0 Å². The van der Waals surface area contributed by atoms with Gasteiger partial charge >= 0.3 is 5.97 Å². The monoisotopic (exact) mass is 447 g/mol. The van der Waals surface area contributed by atoms with E-state index < -0.39 is 0 Å². The summed E-state index contributed by atoms with van der Waals surface area (Å²) in [5.74, 6) is 0.0130. The van der Waals surface area contributed by atoms with Crippen LogP contribution in [0.5, 0.6) is 5.75 Å². The van der Waals surface area contributed by atoms with Crippen molar-refractivity contribution in [1.82, 2.24) is 5.32 Å². The van der Waals surface area contributed by atoms with Gasteiger partial charge < -0.3 is 15.2 Å². The Labute approximate surface area is 197 Å². The summed E-state index contributed by atoms with van der Waals surface area (Å²) in [6.45, 7) is 3.11. The zero-order chi connectivity index (χ0) is 23.3. The van der Waals surface area contributed by atoms with Crippen molar-refractivity contribution >= 4 is 5.97 Å². The minimum absolute atomic E-state index is 0.227. The molecule has 1 rings (SSSR count). The fraction of sp³-hybridized carbons (Fsp3) is 0.750. The molecule has 0 aliphatic rings. The molecule has 0 saturated heterocycles. The molecule has 0 radical (unpaired) electrons. The van der Waals surface area contributed by atoms with E-state index in [9.17, 15) is 9.90 Å². The van der Waals surface area contributed by atoms with Crippen molar-refractivity contribution in [2.24, 2.45) is 0 Å². The number of phenols is 1. The van der Waals surface area contributed by atoms with E-state index in [0.717, 1.165) is 18.5 Å². The van der Waals surface area contributed by atoms with Gasteiger partial charge in [-0.2, -0.15) is 0 Å². The first-order valence-electron chi connectivity index (χ1n) is 13.3. The molecule has 4 heteroatoms. The summed E-state index contributed by atoms with van der Waals surface area (Å²) < 4.78 is 4.94. The maximum absolute atomic E-state index is 12.1. The van der Waals surface area contributed by atoms with Gasteiger partial charge in [0, 0.05) is 0 Å². The lowest BCUT2D eigenvalue weighted by atomic mass is 10.0. The van der Waals surface area contributed by atoms with Gasteiger partial charge in [0.15, 0.2) is 0 Å². The second-order valence-corrected chi connectivity index (χ2v) is 9.20. The molecule has 0 aromatic heterocycles. The summed E-state index contributed by atoms with van der Waals surface area (Å²) in [7, 11) is 1.43. The number of unbranched alkanes of at least 4 members (excludes halogenated alkanes) is 15. The zero-order valence-electron chi connectivity index (χ0n) is 20.9. The molecule has 0 amide bonds. The van der Waals surface area contributed by atoms with E-state index in [1.54, 1.807) is 12.1 Å². The Balaban J connectivity index is 1.95. The highest BCUT2D eigenvalue weighted by Crippen LogP contribution is 2.14. The van der Waals surface area contributed by atoms with Gasteiger partial charge in [-0.25, -0.2) is 0 Å². The molecule has 1 aromatic rings. The van der Waals surface area contributed by atoms with Gasteiger partial charge in [-0.1, -0.05) is 115 Å². The molecule has 2 N–H and O–H groups in total. The molecule has 0 bridgehead atoms. The lowest BCUT2D eigenvalue weighted by Gasteiger charge is -2.16. The Kier molecular flexibility index (Phi) is 17.9. The van der Waals surface area contributed by atoms with E-state index in [4.69, 9.17) is 4.74 Å². The molecule has 1 atom stereocenters. The highest BCUT2D eigenvalue weighted by Gasteiger charge is 2.18. The number of benzene rings is 1. The topological polar surface area (TPSA) is 58.6 Å². The number of nitrogens with one attached hydrogen (secondary N) is 1. The summed E-state index contributed by atoms with van der Waals surface area (Å²) in [4.78, 5) is 12.1. The number of hydrogen-bond acceptors (Lipinski definition) is 4. The third-order valence-corrected chi connectivity index (χ3v) is 6.28. The van der Waals surface area contributed by atoms with E-state index >= 15 is 0 Å². The predicted octanol–water partition coefficient (Wildman–Crippen LogP) is 7.33. The number of phenolic OH excluding ortho intramolecular Hbond substituents is 1. The number of methoxy groups -OCH3 is 1. The molecule has 0 heterocycles. The van der Waals surface area contributed by atoms with E-state index in [2.05, 4.69) is 12.2 Å². The number of ether oxygens (including phenoxy) is 1. The van der Waals surface area contributed by atoms with Gasteiger partial charge in [-0.3, -0.25) is 4.79 Å². The van der Waals surface area contributed by atoms with Gasteiger partial charge in [0.25, 0.3) is 0 Å². The first-order valence-corrected chi connectivity index (χ1v) is 13.3. The molecule has 0 spiro atoms. The molecule has 4 nitrogen and oxygen atoms in total.